The molecule has 1 aromatic heterocycles. The zero-order chi connectivity index (χ0) is 16.9. The molecule has 0 saturated carbocycles. The molecule has 0 bridgehead atoms. The number of alkyl halides is 3. The fourth-order valence-corrected chi connectivity index (χ4v) is 2.53. The third kappa shape index (κ3) is 5.59. The topological polar surface area (TPSA) is 66.5 Å². The molecule has 1 saturated heterocycles. The molecule has 2 amide bonds. The molecule has 0 spiro atoms. The number of likely N-dealkylation sites (tertiary alicyclic amines) is 1. The van der Waals surface area contributed by atoms with Crippen LogP contribution in [-0.2, 0) is 0 Å². The van der Waals surface area contributed by atoms with Crippen LogP contribution in [0, 0.1) is 5.92 Å². The second-order valence-electron chi connectivity index (χ2n) is 5.40. The fraction of sp³-hybridized carbons (Fsp3) is 0.571. The highest BCUT2D eigenvalue weighted by molar-refractivity contribution is 5.90. The molecular formula is C14H19F3N4O2. The van der Waals surface area contributed by atoms with Gasteiger partial charge >= 0.3 is 12.2 Å². The number of anilines is 1. The van der Waals surface area contributed by atoms with Crippen molar-refractivity contribution in [1.82, 2.24) is 15.2 Å². The number of carbonyl (C=O) groups excluding carboxylic acids is 1. The Morgan fingerprint density at radius 2 is 2.30 bits per heavy atom. The number of ether oxygens (including phenoxy) is 1. The maximum absolute atomic E-state index is 12.3. The van der Waals surface area contributed by atoms with E-state index in [9.17, 15) is 18.0 Å². The predicted octanol–water partition coefficient (Wildman–Crippen LogP) is 2.10. The van der Waals surface area contributed by atoms with Gasteiger partial charge in [0.1, 0.15) is 5.69 Å². The summed E-state index contributed by atoms with van der Waals surface area (Å²) in [5, 5.41) is 5.27. The number of rotatable bonds is 5. The van der Waals surface area contributed by atoms with E-state index in [1.165, 1.54) is 18.2 Å². The number of aromatic nitrogens is 1. The van der Waals surface area contributed by atoms with Crippen LogP contribution in [0.5, 0.6) is 5.88 Å². The molecule has 0 aliphatic carbocycles. The van der Waals surface area contributed by atoms with Gasteiger partial charge in [-0.25, -0.2) is 9.78 Å². The number of hydrogen-bond acceptors (Lipinski definition) is 4. The third-order valence-corrected chi connectivity index (χ3v) is 3.54. The van der Waals surface area contributed by atoms with Gasteiger partial charge in [0.2, 0.25) is 5.88 Å². The lowest BCUT2D eigenvalue weighted by Gasteiger charge is -2.18. The Morgan fingerprint density at radius 1 is 1.52 bits per heavy atom. The maximum atomic E-state index is 12.3. The van der Waals surface area contributed by atoms with Crippen LogP contribution in [0.2, 0.25) is 0 Å². The molecule has 2 N–H and O–H groups in total. The van der Waals surface area contributed by atoms with Crippen molar-refractivity contribution in [3.8, 4) is 5.88 Å². The molecule has 1 aliphatic rings. The van der Waals surface area contributed by atoms with Crippen LogP contribution in [0.25, 0.3) is 0 Å². The highest BCUT2D eigenvalue weighted by Crippen LogP contribution is 2.22. The number of methoxy groups -OCH3 is 1. The summed E-state index contributed by atoms with van der Waals surface area (Å²) in [5.74, 6) is 0.304. The number of pyridine rings is 1. The summed E-state index contributed by atoms with van der Waals surface area (Å²) in [4.78, 5) is 17.2. The smallest absolute Gasteiger partial charge is 0.401 e. The molecule has 0 radical (unpaired) electrons. The first-order valence-electron chi connectivity index (χ1n) is 7.20. The lowest BCUT2D eigenvalue weighted by atomic mass is 10.1. The highest BCUT2D eigenvalue weighted by Gasteiger charge is 2.34. The third-order valence-electron chi connectivity index (χ3n) is 3.54. The summed E-state index contributed by atoms with van der Waals surface area (Å²) < 4.78 is 42.0. The second kappa shape index (κ2) is 7.49. The largest absolute Gasteiger partial charge is 0.480 e. The summed E-state index contributed by atoms with van der Waals surface area (Å²) in [7, 11) is 1.44. The Balaban J connectivity index is 1.75. The molecule has 0 unspecified atom stereocenters. The average Bonchev–Trinajstić information content (AvgIpc) is 2.91. The van der Waals surface area contributed by atoms with E-state index in [0.29, 0.717) is 37.6 Å². The number of hydrogen-bond donors (Lipinski definition) is 2. The molecule has 128 valence electrons. The standard InChI is InChI=1S/C14H19F3N4O2/c1-23-12-11(3-2-5-18-12)20-13(22)19-7-10-4-6-21(8-10)9-14(15,16)17/h2-3,5,10H,4,6-9H2,1H3,(H2,19,20,22)/t10-/m0/s1. The lowest BCUT2D eigenvalue weighted by molar-refractivity contribution is -0.143. The molecule has 6 nitrogen and oxygen atoms in total. The van der Waals surface area contributed by atoms with Crippen LogP contribution < -0.4 is 15.4 Å². The van der Waals surface area contributed by atoms with Crippen LogP contribution in [0.1, 0.15) is 6.42 Å². The Morgan fingerprint density at radius 3 is 3.00 bits per heavy atom. The number of amides is 2. The zero-order valence-electron chi connectivity index (χ0n) is 12.7. The minimum atomic E-state index is -4.18. The average molecular weight is 332 g/mol. The minimum absolute atomic E-state index is 0.0129. The van der Waals surface area contributed by atoms with Crippen molar-refractivity contribution in [2.75, 3.05) is 38.6 Å². The Hall–Kier alpha value is -2.03. The zero-order valence-corrected chi connectivity index (χ0v) is 12.7. The Labute approximate surface area is 132 Å². The first-order valence-corrected chi connectivity index (χ1v) is 7.20. The number of urea groups is 1. The molecule has 0 aromatic carbocycles. The van der Waals surface area contributed by atoms with Gasteiger partial charge in [0, 0.05) is 19.3 Å². The number of nitrogens with one attached hydrogen (secondary N) is 2. The van der Waals surface area contributed by atoms with Gasteiger partial charge in [0.25, 0.3) is 0 Å². The minimum Gasteiger partial charge on any atom is -0.480 e. The van der Waals surface area contributed by atoms with E-state index in [2.05, 4.69) is 15.6 Å². The Kier molecular flexibility index (Phi) is 5.64. The number of halogens is 3. The van der Waals surface area contributed by atoms with E-state index in [4.69, 9.17) is 4.74 Å². The normalized spacial score (nSPS) is 18.7. The quantitative estimate of drug-likeness (QED) is 0.867. The lowest BCUT2D eigenvalue weighted by Crippen LogP contribution is -2.36. The van der Waals surface area contributed by atoms with E-state index >= 15 is 0 Å². The monoisotopic (exact) mass is 332 g/mol. The Bertz CT molecular complexity index is 539. The van der Waals surface area contributed by atoms with E-state index in [0.717, 1.165) is 0 Å². The number of nitrogens with zero attached hydrogens (tertiary/aromatic N) is 2. The van der Waals surface area contributed by atoms with Crippen molar-refractivity contribution in [1.29, 1.82) is 0 Å². The summed E-state index contributed by atoms with van der Waals surface area (Å²) in [5.41, 5.74) is 0.428. The van der Waals surface area contributed by atoms with Gasteiger partial charge in [-0.1, -0.05) is 0 Å². The van der Waals surface area contributed by atoms with Gasteiger partial charge in [0.05, 0.1) is 13.7 Å². The molecule has 2 rings (SSSR count). The van der Waals surface area contributed by atoms with E-state index in [1.807, 2.05) is 0 Å². The van der Waals surface area contributed by atoms with Crippen LogP contribution in [0.15, 0.2) is 18.3 Å². The molecule has 2 heterocycles. The van der Waals surface area contributed by atoms with Gasteiger partial charge in [-0.05, 0) is 31.0 Å². The van der Waals surface area contributed by atoms with Crippen molar-refractivity contribution in [2.24, 2.45) is 5.92 Å². The first kappa shape index (κ1) is 17.3. The summed E-state index contributed by atoms with van der Waals surface area (Å²) in [6.45, 7) is 0.144. The first-order chi connectivity index (χ1) is 10.9. The van der Waals surface area contributed by atoms with E-state index < -0.39 is 18.8 Å². The summed E-state index contributed by atoms with van der Waals surface area (Å²) in [6, 6.07) is 2.86. The van der Waals surface area contributed by atoms with E-state index in [-0.39, 0.29) is 5.92 Å². The van der Waals surface area contributed by atoms with Crippen molar-refractivity contribution >= 4 is 11.7 Å². The summed E-state index contributed by atoms with van der Waals surface area (Å²) >= 11 is 0. The van der Waals surface area contributed by atoms with Crippen LogP contribution in [0.3, 0.4) is 0 Å². The van der Waals surface area contributed by atoms with Gasteiger partial charge in [0.15, 0.2) is 0 Å². The number of carbonyl (C=O) groups is 1. The molecule has 23 heavy (non-hydrogen) atoms. The molecular weight excluding hydrogens is 313 g/mol. The maximum Gasteiger partial charge on any atom is 0.401 e. The van der Waals surface area contributed by atoms with Gasteiger partial charge in [-0.15, -0.1) is 0 Å². The van der Waals surface area contributed by atoms with Gasteiger partial charge in [-0.2, -0.15) is 13.2 Å². The highest BCUT2D eigenvalue weighted by atomic mass is 19.4. The van der Waals surface area contributed by atoms with Crippen molar-refractivity contribution < 1.29 is 22.7 Å². The van der Waals surface area contributed by atoms with Crippen molar-refractivity contribution in [2.45, 2.75) is 12.6 Å². The molecule has 9 heteroatoms. The van der Waals surface area contributed by atoms with Crippen molar-refractivity contribution in [3.63, 3.8) is 0 Å². The molecule has 1 aromatic rings. The molecule has 1 aliphatic heterocycles. The van der Waals surface area contributed by atoms with Gasteiger partial charge < -0.3 is 15.4 Å². The summed E-state index contributed by atoms with van der Waals surface area (Å²) in [6.07, 6.45) is -2.02. The fourth-order valence-electron chi connectivity index (χ4n) is 2.53. The SMILES string of the molecule is COc1ncccc1NC(=O)NC[C@@H]1CCN(CC(F)(F)F)C1. The van der Waals surface area contributed by atoms with Gasteiger partial charge in [-0.3, -0.25) is 4.90 Å². The van der Waals surface area contributed by atoms with Crippen molar-refractivity contribution in [3.05, 3.63) is 18.3 Å². The van der Waals surface area contributed by atoms with E-state index in [1.54, 1.807) is 12.1 Å². The van der Waals surface area contributed by atoms with Crippen LogP contribution >= 0.6 is 0 Å². The van der Waals surface area contributed by atoms with Crippen LogP contribution in [-0.4, -0.2) is 55.4 Å². The predicted molar refractivity (Wildman–Crippen MR) is 78.4 cm³/mol. The molecule has 1 atom stereocenters. The van der Waals surface area contributed by atoms with Crippen LogP contribution in [0.4, 0.5) is 23.7 Å². The second-order valence-corrected chi connectivity index (χ2v) is 5.40. The molecule has 1 fully saturated rings.